The van der Waals surface area contributed by atoms with Crippen molar-refractivity contribution in [1.82, 2.24) is 0 Å². The molecule has 26 heavy (non-hydrogen) atoms. The Kier molecular flexibility index (Phi) is 3.91. The molecule has 4 rings (SSSR count). The number of ether oxygens (including phenoxy) is 1. The van der Waals surface area contributed by atoms with Crippen molar-refractivity contribution in [3.05, 3.63) is 71.3 Å². The number of hydrogen-bond acceptors (Lipinski definition) is 1. The van der Waals surface area contributed by atoms with E-state index in [4.69, 9.17) is 4.74 Å². The van der Waals surface area contributed by atoms with Gasteiger partial charge in [-0.3, -0.25) is 0 Å². The summed E-state index contributed by atoms with van der Waals surface area (Å²) in [6.45, 7) is 6.57. The van der Waals surface area contributed by atoms with Crippen LogP contribution in [0.5, 0.6) is 5.75 Å². The molecule has 0 radical (unpaired) electrons. The summed E-state index contributed by atoms with van der Waals surface area (Å²) in [5.41, 5.74) is 8.87. The average Bonchev–Trinajstić information content (AvgIpc) is 2.63. The molecule has 0 saturated carbocycles. The van der Waals surface area contributed by atoms with E-state index in [1.807, 2.05) is 0 Å². The Bertz CT molecular complexity index is 1130. The van der Waals surface area contributed by atoms with Crippen molar-refractivity contribution in [1.29, 1.82) is 0 Å². The van der Waals surface area contributed by atoms with Crippen molar-refractivity contribution < 1.29 is 9.30 Å². The number of benzene rings is 3. The van der Waals surface area contributed by atoms with Gasteiger partial charge in [0.05, 0.1) is 17.9 Å². The van der Waals surface area contributed by atoms with Crippen molar-refractivity contribution in [3.8, 4) is 16.9 Å². The molecule has 0 aliphatic rings. The summed E-state index contributed by atoms with van der Waals surface area (Å²) in [6, 6.07) is 19.5. The molecule has 0 atom stereocenters. The predicted octanol–water partition coefficient (Wildman–Crippen LogP) is 5.42. The van der Waals surface area contributed by atoms with Crippen LogP contribution in [0.25, 0.3) is 32.9 Å². The lowest BCUT2D eigenvalue weighted by Crippen LogP contribution is -2.30. The van der Waals surface area contributed by atoms with Gasteiger partial charge in [0.15, 0.2) is 0 Å². The van der Waals surface area contributed by atoms with E-state index in [9.17, 15) is 0 Å². The smallest absolute Gasteiger partial charge is 0.217 e. The summed E-state index contributed by atoms with van der Waals surface area (Å²) < 4.78 is 8.04. The number of aryl methyl sites for hydroxylation is 4. The summed E-state index contributed by atoms with van der Waals surface area (Å²) in [5.74, 6) is 0.915. The van der Waals surface area contributed by atoms with Crippen molar-refractivity contribution in [2.45, 2.75) is 20.8 Å². The van der Waals surface area contributed by atoms with Gasteiger partial charge in [-0.05, 0) is 49.6 Å². The minimum absolute atomic E-state index is 0.915. The van der Waals surface area contributed by atoms with Gasteiger partial charge in [-0.15, -0.1) is 0 Å². The van der Waals surface area contributed by atoms with Crippen LogP contribution >= 0.6 is 0 Å². The van der Waals surface area contributed by atoms with E-state index in [1.165, 1.54) is 49.6 Å². The second-order valence-electron chi connectivity index (χ2n) is 7.08. The zero-order valence-electron chi connectivity index (χ0n) is 16.1. The Morgan fingerprint density at radius 1 is 0.769 bits per heavy atom. The highest BCUT2D eigenvalue weighted by molar-refractivity contribution is 6.10. The van der Waals surface area contributed by atoms with Gasteiger partial charge < -0.3 is 4.74 Å². The van der Waals surface area contributed by atoms with Crippen LogP contribution < -0.4 is 9.30 Å². The van der Waals surface area contributed by atoms with Gasteiger partial charge in [0.1, 0.15) is 12.8 Å². The molecule has 1 heterocycles. The highest BCUT2D eigenvalue weighted by atomic mass is 16.5. The molecule has 3 aromatic carbocycles. The molecular formula is C24H24NO+. The van der Waals surface area contributed by atoms with Crippen LogP contribution in [-0.4, -0.2) is 7.11 Å². The molecule has 2 heteroatoms. The van der Waals surface area contributed by atoms with Gasteiger partial charge in [0, 0.05) is 17.7 Å². The summed E-state index contributed by atoms with van der Waals surface area (Å²) in [5, 5.41) is 2.42. The van der Waals surface area contributed by atoms with Crippen LogP contribution in [0.2, 0.25) is 0 Å². The molecule has 0 aliphatic carbocycles. The molecule has 0 unspecified atom stereocenters. The number of aromatic nitrogens is 1. The lowest BCUT2D eigenvalue weighted by atomic mass is 9.88. The van der Waals surface area contributed by atoms with E-state index in [-0.39, 0.29) is 0 Å². The van der Waals surface area contributed by atoms with Gasteiger partial charge in [0.2, 0.25) is 11.0 Å². The van der Waals surface area contributed by atoms with Crippen molar-refractivity contribution in [2.75, 3.05) is 7.11 Å². The van der Waals surface area contributed by atoms with Gasteiger partial charge in [0.25, 0.3) is 0 Å². The van der Waals surface area contributed by atoms with Gasteiger partial charge in [-0.2, -0.15) is 4.57 Å². The monoisotopic (exact) mass is 342 g/mol. The summed E-state index contributed by atoms with van der Waals surface area (Å²) in [4.78, 5) is 0. The number of nitrogens with zero attached hydrogens (tertiary/aromatic N) is 1. The lowest BCUT2D eigenvalue weighted by Gasteiger charge is -2.17. The van der Waals surface area contributed by atoms with Crippen molar-refractivity contribution >= 4 is 21.8 Å². The van der Waals surface area contributed by atoms with Crippen LogP contribution in [0, 0.1) is 20.8 Å². The number of para-hydroxylation sites is 1. The molecule has 0 fully saturated rings. The second kappa shape index (κ2) is 6.14. The molecular weight excluding hydrogens is 318 g/mol. The topological polar surface area (TPSA) is 13.1 Å². The molecule has 2 nitrogen and oxygen atoms in total. The van der Waals surface area contributed by atoms with Crippen LogP contribution in [0.15, 0.2) is 54.6 Å². The SMILES string of the molecule is COc1cccc2c1c(-c1c(C)cc(C)cc1C)c1ccccc1[n+]2C. The Labute approximate surface area is 154 Å². The molecule has 1 aromatic heterocycles. The fraction of sp³-hybridized carbons (Fsp3) is 0.208. The Morgan fingerprint density at radius 2 is 1.42 bits per heavy atom. The molecule has 130 valence electrons. The first-order valence-electron chi connectivity index (χ1n) is 8.98. The predicted molar refractivity (Wildman–Crippen MR) is 109 cm³/mol. The zero-order chi connectivity index (χ0) is 18.4. The highest BCUT2D eigenvalue weighted by Crippen LogP contribution is 2.41. The second-order valence-corrected chi connectivity index (χ2v) is 7.08. The Morgan fingerprint density at radius 3 is 2.12 bits per heavy atom. The lowest BCUT2D eigenvalue weighted by molar-refractivity contribution is -0.617. The molecule has 0 amide bonds. The first-order valence-corrected chi connectivity index (χ1v) is 8.98. The van der Waals surface area contributed by atoms with E-state index in [2.05, 4.69) is 87.0 Å². The van der Waals surface area contributed by atoms with Crippen LogP contribution in [0.1, 0.15) is 16.7 Å². The van der Waals surface area contributed by atoms with E-state index >= 15 is 0 Å². The summed E-state index contributed by atoms with van der Waals surface area (Å²) in [7, 11) is 3.88. The minimum atomic E-state index is 0.915. The average molecular weight is 342 g/mol. The maximum atomic E-state index is 5.78. The number of pyridine rings is 1. The number of fused-ring (bicyclic) bond motifs is 2. The molecule has 0 spiro atoms. The third kappa shape index (κ3) is 2.37. The maximum absolute atomic E-state index is 5.78. The number of hydrogen-bond donors (Lipinski definition) is 0. The Hall–Kier alpha value is -2.87. The van der Waals surface area contributed by atoms with Gasteiger partial charge in [-0.1, -0.05) is 35.9 Å². The number of rotatable bonds is 2. The molecule has 0 aliphatic heterocycles. The van der Waals surface area contributed by atoms with Gasteiger partial charge in [-0.25, -0.2) is 0 Å². The van der Waals surface area contributed by atoms with E-state index in [0.29, 0.717) is 0 Å². The molecule has 0 bridgehead atoms. The number of methoxy groups -OCH3 is 1. The Balaban J connectivity index is 2.32. The van der Waals surface area contributed by atoms with Crippen LogP contribution in [0.4, 0.5) is 0 Å². The molecule has 0 saturated heterocycles. The van der Waals surface area contributed by atoms with Crippen molar-refractivity contribution in [2.24, 2.45) is 7.05 Å². The van der Waals surface area contributed by atoms with E-state index in [1.54, 1.807) is 7.11 Å². The maximum Gasteiger partial charge on any atom is 0.217 e. The largest absolute Gasteiger partial charge is 0.496 e. The summed E-state index contributed by atoms with van der Waals surface area (Å²) >= 11 is 0. The quantitative estimate of drug-likeness (QED) is 0.350. The highest BCUT2D eigenvalue weighted by Gasteiger charge is 2.23. The third-order valence-electron chi connectivity index (χ3n) is 5.30. The van der Waals surface area contributed by atoms with E-state index in [0.717, 1.165) is 5.75 Å². The van der Waals surface area contributed by atoms with Crippen LogP contribution in [0.3, 0.4) is 0 Å². The van der Waals surface area contributed by atoms with E-state index < -0.39 is 0 Å². The standard InChI is InChI=1S/C24H24NO/c1-15-13-16(2)22(17(3)14-15)23-18-9-6-7-10-19(18)25(4)20-11-8-12-21(26-5)24(20)23/h6-14H,1-5H3/q+1. The summed E-state index contributed by atoms with van der Waals surface area (Å²) in [6.07, 6.45) is 0. The van der Waals surface area contributed by atoms with Crippen LogP contribution in [-0.2, 0) is 7.05 Å². The van der Waals surface area contributed by atoms with Gasteiger partial charge >= 0.3 is 0 Å². The van der Waals surface area contributed by atoms with Crippen molar-refractivity contribution in [3.63, 3.8) is 0 Å². The molecule has 0 N–H and O–H groups in total. The third-order valence-corrected chi connectivity index (χ3v) is 5.30. The fourth-order valence-electron chi connectivity index (χ4n) is 4.30. The first kappa shape index (κ1) is 16.6. The minimum Gasteiger partial charge on any atom is -0.496 e. The molecule has 4 aromatic rings. The normalized spacial score (nSPS) is 11.3. The first-order chi connectivity index (χ1) is 12.5. The zero-order valence-corrected chi connectivity index (χ0v) is 16.1. The fourth-order valence-corrected chi connectivity index (χ4v) is 4.30.